The molecule has 0 spiro atoms. The Morgan fingerprint density at radius 1 is 1.33 bits per heavy atom. The van der Waals surface area contributed by atoms with E-state index in [1.54, 1.807) is 0 Å². The Bertz CT molecular complexity index is 359. The molecule has 3 heteroatoms. The van der Waals surface area contributed by atoms with E-state index in [0.29, 0.717) is 0 Å². The highest BCUT2D eigenvalue weighted by molar-refractivity contribution is 7.98. The Morgan fingerprint density at radius 2 is 2.00 bits per heavy atom. The average Bonchev–Trinajstić information content (AvgIpc) is 2.29. The van der Waals surface area contributed by atoms with Crippen molar-refractivity contribution < 1.29 is 0 Å². The normalized spacial score (nSPS) is 24.6. The van der Waals surface area contributed by atoms with Crippen molar-refractivity contribution in [2.45, 2.75) is 31.7 Å². The fraction of sp³-hybridized carbons (Fsp3) is 0.600. The van der Waals surface area contributed by atoms with Gasteiger partial charge in [0.05, 0.1) is 0 Å². The second-order valence-corrected chi connectivity index (χ2v) is 6.73. The molecule has 0 aliphatic heterocycles. The van der Waals surface area contributed by atoms with E-state index < -0.39 is 0 Å². The second kappa shape index (κ2) is 6.83. The molecule has 1 fully saturated rings. The van der Waals surface area contributed by atoms with E-state index in [1.165, 1.54) is 24.2 Å². The monoisotopic (exact) mass is 283 g/mol. The molecule has 0 radical (unpaired) electrons. The van der Waals surface area contributed by atoms with Gasteiger partial charge in [0.25, 0.3) is 0 Å². The van der Waals surface area contributed by atoms with Crippen LogP contribution in [0.3, 0.4) is 0 Å². The molecular weight excluding hydrogens is 262 g/mol. The number of halogens is 1. The van der Waals surface area contributed by atoms with Gasteiger partial charge in [-0.15, -0.1) is 0 Å². The van der Waals surface area contributed by atoms with Gasteiger partial charge in [-0.2, -0.15) is 11.8 Å². The van der Waals surface area contributed by atoms with Crippen LogP contribution in [-0.4, -0.2) is 24.6 Å². The predicted octanol–water partition coefficient (Wildman–Crippen LogP) is 4.17. The van der Waals surface area contributed by atoms with Crippen LogP contribution in [0.15, 0.2) is 24.3 Å². The molecule has 18 heavy (non-hydrogen) atoms. The second-order valence-electron chi connectivity index (χ2n) is 5.39. The van der Waals surface area contributed by atoms with E-state index in [2.05, 4.69) is 30.6 Å². The highest BCUT2D eigenvalue weighted by Crippen LogP contribution is 2.37. The van der Waals surface area contributed by atoms with E-state index >= 15 is 0 Å². The molecule has 100 valence electrons. The average molecular weight is 284 g/mol. The smallest absolute Gasteiger partial charge is 0.0406 e. The fourth-order valence-electron chi connectivity index (χ4n) is 2.50. The molecule has 1 aromatic rings. The molecule has 1 nitrogen and oxygen atoms in total. The van der Waals surface area contributed by atoms with Crippen LogP contribution in [0.5, 0.6) is 0 Å². The molecule has 0 bridgehead atoms. The third kappa shape index (κ3) is 3.91. The van der Waals surface area contributed by atoms with Crippen LogP contribution in [0.2, 0.25) is 5.02 Å². The van der Waals surface area contributed by atoms with Crippen molar-refractivity contribution in [3.63, 3.8) is 0 Å². The van der Waals surface area contributed by atoms with Gasteiger partial charge in [0.1, 0.15) is 0 Å². The molecule has 0 saturated heterocycles. The molecule has 0 aromatic heterocycles. The van der Waals surface area contributed by atoms with E-state index in [0.717, 1.165) is 29.4 Å². The molecule has 2 rings (SSSR count). The summed E-state index contributed by atoms with van der Waals surface area (Å²) < 4.78 is 0. The van der Waals surface area contributed by atoms with Crippen molar-refractivity contribution in [3.05, 3.63) is 34.9 Å². The molecule has 0 heterocycles. The lowest BCUT2D eigenvalue weighted by Gasteiger charge is -2.37. The Labute approximate surface area is 120 Å². The van der Waals surface area contributed by atoms with Crippen LogP contribution < -0.4 is 5.32 Å². The standard InChI is InChI=1S/C15H22ClNS/c1-11(10-18-2)9-17-15-7-13(8-15)12-3-5-14(16)6-4-12/h3-6,11,13,15,17H,7-10H2,1-2H3. The topological polar surface area (TPSA) is 12.0 Å². The van der Waals surface area contributed by atoms with Gasteiger partial charge in [-0.1, -0.05) is 30.7 Å². The quantitative estimate of drug-likeness (QED) is 0.841. The summed E-state index contributed by atoms with van der Waals surface area (Å²) in [6, 6.07) is 9.05. The largest absolute Gasteiger partial charge is 0.314 e. The number of hydrogen-bond acceptors (Lipinski definition) is 2. The number of rotatable bonds is 6. The van der Waals surface area contributed by atoms with Gasteiger partial charge in [0.15, 0.2) is 0 Å². The molecular formula is C15H22ClNS. The molecule has 1 aliphatic carbocycles. The first-order valence-electron chi connectivity index (χ1n) is 6.67. The molecule has 1 aliphatic rings. The minimum atomic E-state index is 0.718. The first-order chi connectivity index (χ1) is 8.69. The summed E-state index contributed by atoms with van der Waals surface area (Å²) in [7, 11) is 0. The highest BCUT2D eigenvalue weighted by atomic mass is 35.5. The van der Waals surface area contributed by atoms with E-state index in [-0.39, 0.29) is 0 Å². The first kappa shape index (κ1) is 14.2. The van der Waals surface area contributed by atoms with Crippen LogP contribution in [0.25, 0.3) is 0 Å². The third-order valence-electron chi connectivity index (χ3n) is 3.69. The van der Waals surface area contributed by atoms with Crippen LogP contribution in [0.1, 0.15) is 31.2 Å². The minimum absolute atomic E-state index is 0.718. The summed E-state index contributed by atoms with van der Waals surface area (Å²) in [4.78, 5) is 0. The summed E-state index contributed by atoms with van der Waals surface area (Å²) in [5.74, 6) is 2.76. The van der Waals surface area contributed by atoms with E-state index in [4.69, 9.17) is 11.6 Å². The van der Waals surface area contributed by atoms with Crippen LogP contribution in [0.4, 0.5) is 0 Å². The Kier molecular flexibility index (Phi) is 5.40. The van der Waals surface area contributed by atoms with Gasteiger partial charge < -0.3 is 5.32 Å². The van der Waals surface area contributed by atoms with Gasteiger partial charge >= 0.3 is 0 Å². The first-order valence-corrected chi connectivity index (χ1v) is 8.44. The fourth-order valence-corrected chi connectivity index (χ4v) is 3.32. The molecule has 0 amide bonds. The summed E-state index contributed by atoms with van der Waals surface area (Å²) >= 11 is 7.84. The van der Waals surface area contributed by atoms with E-state index in [1.807, 2.05) is 23.9 Å². The number of hydrogen-bond donors (Lipinski definition) is 1. The summed E-state index contributed by atoms with van der Waals surface area (Å²) in [5, 5.41) is 4.51. The van der Waals surface area contributed by atoms with Crippen molar-refractivity contribution in [2.24, 2.45) is 5.92 Å². The van der Waals surface area contributed by atoms with E-state index in [9.17, 15) is 0 Å². The lowest BCUT2D eigenvalue weighted by atomic mass is 9.76. The maximum absolute atomic E-state index is 5.91. The van der Waals surface area contributed by atoms with Crippen molar-refractivity contribution in [3.8, 4) is 0 Å². The van der Waals surface area contributed by atoms with Gasteiger partial charge in [0, 0.05) is 11.1 Å². The highest BCUT2D eigenvalue weighted by Gasteiger charge is 2.29. The summed E-state index contributed by atoms with van der Waals surface area (Å²) in [6.07, 6.45) is 4.72. The zero-order chi connectivity index (χ0) is 13.0. The van der Waals surface area contributed by atoms with Crippen molar-refractivity contribution in [1.29, 1.82) is 0 Å². The minimum Gasteiger partial charge on any atom is -0.314 e. The zero-order valence-electron chi connectivity index (χ0n) is 11.2. The van der Waals surface area contributed by atoms with Crippen molar-refractivity contribution >= 4 is 23.4 Å². The maximum Gasteiger partial charge on any atom is 0.0406 e. The zero-order valence-corrected chi connectivity index (χ0v) is 12.7. The molecule has 1 aromatic carbocycles. The number of nitrogens with one attached hydrogen (secondary N) is 1. The SMILES string of the molecule is CSCC(C)CNC1CC(c2ccc(Cl)cc2)C1. The number of thioether (sulfide) groups is 1. The van der Waals surface area contributed by atoms with Gasteiger partial charge in [-0.05, 0) is 60.9 Å². The van der Waals surface area contributed by atoms with Gasteiger partial charge in [0.2, 0.25) is 0 Å². The summed E-state index contributed by atoms with van der Waals surface area (Å²) in [6.45, 7) is 3.47. The van der Waals surface area contributed by atoms with Crippen LogP contribution >= 0.6 is 23.4 Å². The van der Waals surface area contributed by atoms with Crippen molar-refractivity contribution in [1.82, 2.24) is 5.32 Å². The van der Waals surface area contributed by atoms with Crippen molar-refractivity contribution in [2.75, 3.05) is 18.6 Å². The van der Waals surface area contributed by atoms with Gasteiger partial charge in [-0.25, -0.2) is 0 Å². The predicted molar refractivity (Wildman–Crippen MR) is 82.8 cm³/mol. The lowest BCUT2D eigenvalue weighted by molar-refractivity contribution is 0.282. The Morgan fingerprint density at radius 3 is 2.61 bits per heavy atom. The number of benzene rings is 1. The van der Waals surface area contributed by atoms with Gasteiger partial charge in [-0.3, -0.25) is 0 Å². The Hall–Kier alpha value is -0.180. The molecule has 1 saturated carbocycles. The molecule has 1 N–H and O–H groups in total. The summed E-state index contributed by atoms with van der Waals surface area (Å²) in [5.41, 5.74) is 1.44. The maximum atomic E-state index is 5.91. The molecule has 1 atom stereocenters. The Balaban J connectivity index is 1.69. The van der Waals surface area contributed by atoms with Crippen LogP contribution in [0, 0.1) is 5.92 Å². The lowest BCUT2D eigenvalue weighted by Crippen LogP contribution is -2.42. The molecule has 1 unspecified atom stereocenters. The van der Waals surface area contributed by atoms with Crippen LogP contribution in [-0.2, 0) is 0 Å². The third-order valence-corrected chi connectivity index (χ3v) is 4.84.